The van der Waals surface area contributed by atoms with E-state index >= 15 is 0 Å². The Labute approximate surface area is 220 Å². The van der Waals surface area contributed by atoms with Crippen molar-refractivity contribution in [2.75, 3.05) is 0 Å². The third-order valence-electron chi connectivity index (χ3n) is 5.44. The first-order chi connectivity index (χ1) is 17.6. The molecule has 202 valence electrons. The van der Waals surface area contributed by atoms with Gasteiger partial charge in [-0.25, -0.2) is 0 Å². The molecule has 0 radical (unpaired) electrons. The molecule has 4 heteroatoms. The lowest BCUT2D eigenvalue weighted by Crippen LogP contribution is -2.18. The minimum Gasteiger partial charge on any atom is -0.481 e. The van der Waals surface area contributed by atoms with Gasteiger partial charge in [-0.1, -0.05) is 99.6 Å². The van der Waals surface area contributed by atoms with Gasteiger partial charge in [-0.3, -0.25) is 9.59 Å². The van der Waals surface area contributed by atoms with Crippen LogP contribution in [-0.2, 0) is 14.3 Å². The van der Waals surface area contributed by atoms with Gasteiger partial charge in [0.25, 0.3) is 0 Å². The number of carboxylic acids is 1. The highest BCUT2D eigenvalue weighted by Gasteiger charge is 2.13. The highest BCUT2D eigenvalue weighted by Crippen LogP contribution is 2.14. The number of carbonyl (C=O) groups is 2. The highest BCUT2D eigenvalue weighted by molar-refractivity contribution is 5.69. The van der Waals surface area contributed by atoms with Crippen LogP contribution in [0.5, 0.6) is 0 Å². The molecule has 4 nitrogen and oxygen atoms in total. The zero-order chi connectivity index (χ0) is 26.5. The molecule has 0 saturated carbocycles. The molecule has 0 heterocycles. The van der Waals surface area contributed by atoms with Crippen LogP contribution in [0.15, 0.2) is 72.9 Å². The summed E-state index contributed by atoms with van der Waals surface area (Å²) in [7, 11) is 0. The molecule has 0 amide bonds. The molecule has 0 aromatic rings. The third kappa shape index (κ3) is 26.0. The number of carbonyl (C=O) groups excluding carboxylic acids is 1. The van der Waals surface area contributed by atoms with Crippen LogP contribution in [0.25, 0.3) is 0 Å². The lowest BCUT2D eigenvalue weighted by Gasteiger charge is -2.17. The molecule has 0 aliphatic heterocycles. The maximum Gasteiger partial charge on any atom is 0.306 e. The van der Waals surface area contributed by atoms with Gasteiger partial charge in [-0.15, -0.1) is 0 Å². The Bertz CT molecular complexity index is 710. The van der Waals surface area contributed by atoms with Gasteiger partial charge in [0.05, 0.1) is 0 Å². The van der Waals surface area contributed by atoms with Gasteiger partial charge in [0, 0.05) is 12.8 Å². The molecule has 0 aromatic carbocycles. The van der Waals surface area contributed by atoms with E-state index in [1.54, 1.807) is 0 Å². The number of rotatable bonds is 23. The van der Waals surface area contributed by atoms with Crippen LogP contribution in [0, 0.1) is 0 Å². The van der Waals surface area contributed by atoms with Gasteiger partial charge in [-0.05, 0) is 70.6 Å². The fraction of sp³-hybridized carbons (Fsp3) is 0.562. The molecule has 0 aliphatic rings. The van der Waals surface area contributed by atoms with Crippen molar-refractivity contribution in [1.82, 2.24) is 0 Å². The standard InChI is InChI=1S/C32H50O4/c1-3-5-6-7-8-9-10-11-12-13-14-15-16-17-18-19-20-21-25-29-32(35)36-30(26-4-2)27-23-22-24-28-31(33)34/h5-6,8-9,11-12,14-15,17-18,20-21,30H,3-4,7,10,13,16,19,22-29H2,1-2H3,(H,33,34)/b6-5-,9-8-,12-11-,15-14-,18-17-,21-20-. The summed E-state index contributed by atoms with van der Waals surface area (Å²) in [5, 5.41) is 8.69. The Balaban J connectivity index is 3.82. The van der Waals surface area contributed by atoms with Crippen molar-refractivity contribution in [3.63, 3.8) is 0 Å². The van der Waals surface area contributed by atoms with Crippen molar-refractivity contribution in [1.29, 1.82) is 0 Å². The van der Waals surface area contributed by atoms with Crippen LogP contribution in [0.3, 0.4) is 0 Å². The maximum absolute atomic E-state index is 12.1. The zero-order valence-electron chi connectivity index (χ0n) is 22.8. The normalized spacial score (nSPS) is 13.4. The summed E-state index contributed by atoms with van der Waals surface area (Å²) in [4.78, 5) is 22.7. The summed E-state index contributed by atoms with van der Waals surface area (Å²) in [6, 6.07) is 0. The van der Waals surface area contributed by atoms with Crippen molar-refractivity contribution < 1.29 is 19.4 Å². The number of hydrogen-bond donors (Lipinski definition) is 1. The van der Waals surface area contributed by atoms with Crippen LogP contribution in [0.4, 0.5) is 0 Å². The number of ether oxygens (including phenoxy) is 1. The van der Waals surface area contributed by atoms with E-state index in [1.165, 1.54) is 0 Å². The molecule has 1 N–H and O–H groups in total. The Morgan fingerprint density at radius 2 is 1.14 bits per heavy atom. The lowest BCUT2D eigenvalue weighted by molar-refractivity contribution is -0.149. The van der Waals surface area contributed by atoms with E-state index in [1.807, 2.05) is 6.08 Å². The van der Waals surface area contributed by atoms with Crippen LogP contribution >= 0.6 is 0 Å². The number of hydrogen-bond acceptors (Lipinski definition) is 3. The first kappa shape index (κ1) is 33.4. The van der Waals surface area contributed by atoms with E-state index < -0.39 is 5.97 Å². The molecular weight excluding hydrogens is 448 g/mol. The minimum absolute atomic E-state index is 0.0439. The van der Waals surface area contributed by atoms with Gasteiger partial charge >= 0.3 is 11.9 Å². The predicted molar refractivity (Wildman–Crippen MR) is 153 cm³/mol. The van der Waals surface area contributed by atoms with E-state index in [0.717, 1.165) is 70.6 Å². The fourth-order valence-electron chi connectivity index (χ4n) is 3.49. The Hall–Kier alpha value is -2.62. The van der Waals surface area contributed by atoms with Gasteiger partial charge in [-0.2, -0.15) is 0 Å². The Morgan fingerprint density at radius 3 is 1.61 bits per heavy atom. The molecule has 0 bridgehead atoms. The molecule has 0 aromatic heterocycles. The van der Waals surface area contributed by atoms with Crippen LogP contribution < -0.4 is 0 Å². The summed E-state index contributed by atoms with van der Waals surface area (Å²) in [5.41, 5.74) is 0. The molecule has 36 heavy (non-hydrogen) atoms. The average Bonchev–Trinajstić information content (AvgIpc) is 2.85. The largest absolute Gasteiger partial charge is 0.481 e. The van der Waals surface area contributed by atoms with E-state index in [2.05, 4.69) is 80.7 Å². The number of carboxylic acid groups (broad SMARTS) is 1. The topological polar surface area (TPSA) is 63.6 Å². The Kier molecular flexibility index (Phi) is 25.0. The number of aliphatic carboxylic acids is 1. The van der Waals surface area contributed by atoms with E-state index in [-0.39, 0.29) is 18.5 Å². The molecule has 0 aliphatic carbocycles. The van der Waals surface area contributed by atoms with Crippen molar-refractivity contribution in [2.24, 2.45) is 0 Å². The fourth-order valence-corrected chi connectivity index (χ4v) is 3.49. The molecule has 1 atom stereocenters. The number of allylic oxidation sites excluding steroid dienone is 12. The van der Waals surface area contributed by atoms with Crippen LogP contribution in [0.1, 0.15) is 110 Å². The van der Waals surface area contributed by atoms with Gasteiger partial charge in [0.2, 0.25) is 0 Å². The molecular formula is C32H50O4. The quantitative estimate of drug-likeness (QED) is 0.0866. The predicted octanol–water partition coefficient (Wildman–Crippen LogP) is 9.21. The summed E-state index contributed by atoms with van der Waals surface area (Å²) in [5.74, 6) is -0.889. The first-order valence-corrected chi connectivity index (χ1v) is 13.9. The summed E-state index contributed by atoms with van der Waals surface area (Å²) in [6.45, 7) is 4.24. The zero-order valence-corrected chi connectivity index (χ0v) is 22.8. The second-order valence-corrected chi connectivity index (χ2v) is 8.85. The summed E-state index contributed by atoms with van der Waals surface area (Å²) in [6.07, 6.45) is 38.3. The van der Waals surface area contributed by atoms with E-state index in [4.69, 9.17) is 9.84 Å². The van der Waals surface area contributed by atoms with Crippen molar-refractivity contribution in [2.45, 2.75) is 116 Å². The number of esters is 1. The smallest absolute Gasteiger partial charge is 0.306 e. The third-order valence-corrected chi connectivity index (χ3v) is 5.44. The molecule has 0 spiro atoms. The molecule has 0 rings (SSSR count). The molecule has 0 fully saturated rings. The lowest BCUT2D eigenvalue weighted by atomic mass is 10.1. The summed E-state index contributed by atoms with van der Waals surface area (Å²) < 4.78 is 5.63. The SMILES string of the molecule is CC/C=C\C/C=C\C/C=C\C/C=C\C/C=C\C/C=C\CCC(=O)OC(CCC)CCCCCC(=O)O. The monoisotopic (exact) mass is 498 g/mol. The number of unbranched alkanes of at least 4 members (excludes halogenated alkanes) is 2. The average molecular weight is 499 g/mol. The Morgan fingerprint density at radius 1 is 0.639 bits per heavy atom. The van der Waals surface area contributed by atoms with E-state index in [9.17, 15) is 9.59 Å². The summed E-state index contributed by atoms with van der Waals surface area (Å²) >= 11 is 0. The second-order valence-electron chi connectivity index (χ2n) is 8.85. The molecule has 0 saturated heterocycles. The maximum atomic E-state index is 12.1. The van der Waals surface area contributed by atoms with Gasteiger partial charge in [0.1, 0.15) is 6.10 Å². The van der Waals surface area contributed by atoms with Crippen molar-refractivity contribution >= 4 is 11.9 Å². The first-order valence-electron chi connectivity index (χ1n) is 13.9. The highest BCUT2D eigenvalue weighted by atomic mass is 16.5. The van der Waals surface area contributed by atoms with E-state index in [0.29, 0.717) is 19.3 Å². The van der Waals surface area contributed by atoms with Crippen LogP contribution in [-0.4, -0.2) is 23.1 Å². The van der Waals surface area contributed by atoms with Crippen LogP contribution in [0.2, 0.25) is 0 Å². The van der Waals surface area contributed by atoms with Crippen molar-refractivity contribution in [3.05, 3.63) is 72.9 Å². The van der Waals surface area contributed by atoms with Gasteiger partial charge < -0.3 is 9.84 Å². The van der Waals surface area contributed by atoms with Gasteiger partial charge in [0.15, 0.2) is 0 Å². The minimum atomic E-state index is -0.749. The second kappa shape index (κ2) is 27.0. The van der Waals surface area contributed by atoms with Crippen molar-refractivity contribution in [3.8, 4) is 0 Å². The molecule has 1 unspecified atom stereocenters.